The quantitative estimate of drug-likeness (QED) is 0.558. The van der Waals surface area contributed by atoms with Crippen LogP contribution in [0.3, 0.4) is 0 Å². The number of allylic oxidation sites excluding steroid dienone is 4. The molecule has 0 heteroatoms. The van der Waals surface area contributed by atoms with Gasteiger partial charge < -0.3 is 0 Å². The van der Waals surface area contributed by atoms with Crippen LogP contribution in [0, 0.1) is 11.3 Å². The van der Waals surface area contributed by atoms with Crippen LogP contribution in [-0.4, -0.2) is 0 Å². The second kappa shape index (κ2) is 6.93. The van der Waals surface area contributed by atoms with Crippen molar-refractivity contribution in [2.45, 2.75) is 67.7 Å². The second-order valence-corrected chi connectivity index (χ2v) is 4.25. The van der Waals surface area contributed by atoms with Crippen LogP contribution in [0.2, 0.25) is 0 Å². The molecule has 94 valence electrons. The van der Waals surface area contributed by atoms with Crippen LogP contribution in [0.5, 0.6) is 0 Å². The highest BCUT2D eigenvalue weighted by Crippen LogP contribution is 2.63. The van der Waals surface area contributed by atoms with Crippen LogP contribution < -0.4 is 0 Å². The van der Waals surface area contributed by atoms with Crippen molar-refractivity contribution in [3.8, 4) is 0 Å². The Morgan fingerprint density at radius 2 is 1.75 bits per heavy atom. The minimum absolute atomic E-state index is 0.619. The van der Waals surface area contributed by atoms with Crippen LogP contribution in [0.25, 0.3) is 0 Å². The predicted octanol–water partition coefficient (Wildman–Crippen LogP) is 5.75. The van der Waals surface area contributed by atoms with Gasteiger partial charge in [0.2, 0.25) is 0 Å². The molecule has 0 amide bonds. The highest BCUT2D eigenvalue weighted by atomic mass is 14.6. The van der Waals surface area contributed by atoms with Gasteiger partial charge in [-0.05, 0) is 37.5 Å². The molecule has 0 aromatic heterocycles. The standard InChI is InChI=1S/C12H18.2C2H6/c1-4-10-6-9(3)7-11-8-12(10,11)5-2;2*1-2/h6-7,11H,4-5,8H2,1-3H3;2*1-2H3. The third kappa shape index (κ3) is 2.78. The topological polar surface area (TPSA) is 0 Å². The summed E-state index contributed by atoms with van der Waals surface area (Å²) in [5, 5.41) is 0. The molecule has 0 saturated heterocycles. The van der Waals surface area contributed by atoms with Crippen molar-refractivity contribution in [3.63, 3.8) is 0 Å². The van der Waals surface area contributed by atoms with Gasteiger partial charge in [0, 0.05) is 0 Å². The fraction of sp³-hybridized carbons (Fsp3) is 0.750. The Balaban J connectivity index is 0.000000509. The summed E-state index contributed by atoms with van der Waals surface area (Å²) in [6, 6.07) is 0. The van der Waals surface area contributed by atoms with Crippen LogP contribution in [-0.2, 0) is 0 Å². The first-order chi connectivity index (χ1) is 7.73. The van der Waals surface area contributed by atoms with Gasteiger partial charge in [-0.15, -0.1) is 0 Å². The van der Waals surface area contributed by atoms with Crippen molar-refractivity contribution < 1.29 is 0 Å². The Kier molecular flexibility index (Phi) is 6.71. The lowest BCUT2D eigenvalue weighted by Crippen LogP contribution is -2.09. The second-order valence-electron chi connectivity index (χ2n) is 4.25. The molecule has 2 aliphatic carbocycles. The lowest BCUT2D eigenvalue weighted by Gasteiger charge is -2.21. The van der Waals surface area contributed by atoms with Gasteiger partial charge in [0.25, 0.3) is 0 Å². The average Bonchev–Trinajstić information content (AvgIpc) is 3.07. The van der Waals surface area contributed by atoms with Gasteiger partial charge in [-0.2, -0.15) is 0 Å². The molecule has 0 nitrogen and oxygen atoms in total. The van der Waals surface area contributed by atoms with E-state index in [2.05, 4.69) is 32.9 Å². The summed E-state index contributed by atoms with van der Waals surface area (Å²) < 4.78 is 0. The summed E-state index contributed by atoms with van der Waals surface area (Å²) in [5.74, 6) is 0.891. The molecular weight excluding hydrogens is 192 g/mol. The Morgan fingerprint density at radius 1 is 1.19 bits per heavy atom. The highest BCUT2D eigenvalue weighted by molar-refractivity contribution is 5.40. The molecule has 0 bridgehead atoms. The van der Waals surface area contributed by atoms with Crippen LogP contribution in [0.4, 0.5) is 0 Å². The molecule has 0 aliphatic heterocycles. The van der Waals surface area contributed by atoms with Crippen molar-refractivity contribution in [2.24, 2.45) is 11.3 Å². The number of rotatable bonds is 2. The zero-order valence-electron chi connectivity index (χ0n) is 12.4. The third-order valence-corrected chi connectivity index (χ3v) is 3.65. The maximum atomic E-state index is 2.46. The van der Waals surface area contributed by atoms with E-state index in [-0.39, 0.29) is 0 Å². The van der Waals surface area contributed by atoms with Gasteiger partial charge in [0.05, 0.1) is 0 Å². The van der Waals surface area contributed by atoms with Crippen molar-refractivity contribution >= 4 is 0 Å². The van der Waals surface area contributed by atoms with E-state index in [0.717, 1.165) is 5.92 Å². The van der Waals surface area contributed by atoms with Crippen LogP contribution in [0.15, 0.2) is 23.3 Å². The molecule has 0 radical (unpaired) electrons. The minimum Gasteiger partial charge on any atom is -0.0776 e. The molecule has 0 N–H and O–H groups in total. The zero-order valence-corrected chi connectivity index (χ0v) is 12.4. The maximum Gasteiger partial charge on any atom is -0.00184 e. The summed E-state index contributed by atoms with van der Waals surface area (Å²) in [6.45, 7) is 14.8. The maximum absolute atomic E-state index is 2.46. The molecule has 16 heavy (non-hydrogen) atoms. The molecule has 0 spiro atoms. The van der Waals surface area contributed by atoms with E-state index in [1.165, 1.54) is 24.8 Å². The smallest absolute Gasteiger partial charge is 0.00184 e. The summed E-state index contributed by atoms with van der Waals surface area (Å²) in [4.78, 5) is 0. The Hall–Kier alpha value is -0.520. The van der Waals surface area contributed by atoms with Gasteiger partial charge in [0.15, 0.2) is 0 Å². The number of fused-ring (bicyclic) bond motifs is 1. The first-order valence-electron chi connectivity index (χ1n) is 7.12. The zero-order chi connectivity index (χ0) is 12.8. The molecule has 1 saturated carbocycles. The largest absolute Gasteiger partial charge is 0.0776 e. The molecule has 2 atom stereocenters. The predicted molar refractivity (Wildman–Crippen MR) is 75.7 cm³/mol. The normalized spacial score (nSPS) is 29.6. The van der Waals surface area contributed by atoms with Gasteiger partial charge in [-0.3, -0.25) is 0 Å². The van der Waals surface area contributed by atoms with Crippen molar-refractivity contribution in [3.05, 3.63) is 23.3 Å². The molecule has 2 rings (SSSR count). The molecule has 1 fully saturated rings. The van der Waals surface area contributed by atoms with E-state index in [1.54, 1.807) is 5.57 Å². The minimum atomic E-state index is 0.619. The lowest BCUT2D eigenvalue weighted by atomic mass is 9.84. The van der Waals surface area contributed by atoms with E-state index in [0.29, 0.717) is 5.41 Å². The molecular formula is C16H30. The van der Waals surface area contributed by atoms with E-state index in [4.69, 9.17) is 0 Å². The molecule has 0 heterocycles. The molecule has 0 aromatic carbocycles. The molecule has 0 aromatic rings. The molecule has 2 aliphatic rings. The van der Waals surface area contributed by atoms with Gasteiger partial charge in [-0.25, -0.2) is 0 Å². The lowest BCUT2D eigenvalue weighted by molar-refractivity contribution is 0.527. The van der Waals surface area contributed by atoms with Crippen molar-refractivity contribution in [1.82, 2.24) is 0 Å². The van der Waals surface area contributed by atoms with E-state index < -0.39 is 0 Å². The Morgan fingerprint density at radius 3 is 2.19 bits per heavy atom. The summed E-state index contributed by atoms with van der Waals surface area (Å²) in [5.41, 5.74) is 3.81. The Bertz CT molecular complexity index is 257. The number of hydrogen-bond acceptors (Lipinski definition) is 0. The summed E-state index contributed by atoms with van der Waals surface area (Å²) in [7, 11) is 0. The van der Waals surface area contributed by atoms with Gasteiger partial charge in [-0.1, -0.05) is 64.8 Å². The first-order valence-corrected chi connectivity index (χ1v) is 7.12. The fourth-order valence-corrected chi connectivity index (χ4v) is 2.79. The van der Waals surface area contributed by atoms with Crippen LogP contribution >= 0.6 is 0 Å². The fourth-order valence-electron chi connectivity index (χ4n) is 2.79. The van der Waals surface area contributed by atoms with Crippen molar-refractivity contribution in [2.75, 3.05) is 0 Å². The summed E-state index contributed by atoms with van der Waals surface area (Å²) >= 11 is 0. The Labute approximate surface area is 103 Å². The van der Waals surface area contributed by atoms with E-state index in [1.807, 2.05) is 27.7 Å². The van der Waals surface area contributed by atoms with E-state index >= 15 is 0 Å². The van der Waals surface area contributed by atoms with Gasteiger partial charge >= 0.3 is 0 Å². The van der Waals surface area contributed by atoms with Crippen LogP contribution in [0.1, 0.15) is 67.7 Å². The monoisotopic (exact) mass is 222 g/mol. The van der Waals surface area contributed by atoms with Gasteiger partial charge in [0.1, 0.15) is 0 Å². The SMILES string of the molecule is CC.CC.CCC1=CC(C)=CC2CC12CC. The molecule has 2 unspecified atom stereocenters. The first kappa shape index (κ1) is 15.5. The summed E-state index contributed by atoms with van der Waals surface area (Å²) in [6.07, 6.45) is 8.87. The highest BCUT2D eigenvalue weighted by Gasteiger charge is 2.54. The third-order valence-electron chi connectivity index (χ3n) is 3.65. The van der Waals surface area contributed by atoms with E-state index in [9.17, 15) is 0 Å². The van der Waals surface area contributed by atoms with Crippen molar-refractivity contribution in [1.29, 1.82) is 0 Å². The number of hydrogen-bond donors (Lipinski definition) is 0. The average molecular weight is 222 g/mol.